The SMILES string of the molecule is CN(C)S(=O)(=O)c1cccc(NC(=O)N2CCC(N3CC=CC3)CC2)c1. The normalized spacial score (nSPS) is 19.3. The quantitative estimate of drug-likeness (QED) is 0.811. The standard InChI is InChI=1S/C18H26N4O3S/c1-20(2)26(24,25)17-7-5-6-15(14-17)19-18(23)22-12-8-16(9-13-22)21-10-3-4-11-21/h3-7,14,16H,8-13H2,1-2H3,(H,19,23). The van der Waals surface area contributed by atoms with Gasteiger partial charge in [-0.15, -0.1) is 0 Å². The fraction of sp³-hybridized carbons (Fsp3) is 0.500. The van der Waals surface area contributed by atoms with Gasteiger partial charge in [0.05, 0.1) is 4.90 Å². The summed E-state index contributed by atoms with van der Waals surface area (Å²) in [6.07, 6.45) is 6.30. The molecule has 2 heterocycles. The van der Waals surface area contributed by atoms with Crippen LogP contribution in [0.1, 0.15) is 12.8 Å². The monoisotopic (exact) mass is 378 g/mol. The Kier molecular flexibility index (Phi) is 5.64. The summed E-state index contributed by atoms with van der Waals surface area (Å²) in [5.41, 5.74) is 0.490. The molecule has 2 amide bonds. The molecular formula is C18H26N4O3S. The van der Waals surface area contributed by atoms with E-state index in [1.807, 2.05) is 0 Å². The molecule has 2 aliphatic rings. The predicted molar refractivity (Wildman–Crippen MR) is 102 cm³/mol. The van der Waals surface area contributed by atoms with Crippen molar-refractivity contribution >= 4 is 21.7 Å². The zero-order valence-corrected chi connectivity index (χ0v) is 16.1. The first-order valence-corrected chi connectivity index (χ1v) is 10.3. The summed E-state index contributed by atoms with van der Waals surface area (Å²) < 4.78 is 25.6. The van der Waals surface area contributed by atoms with Gasteiger partial charge in [-0.3, -0.25) is 4.90 Å². The minimum atomic E-state index is -3.52. The molecule has 1 aromatic carbocycles. The summed E-state index contributed by atoms with van der Waals surface area (Å²) in [4.78, 5) is 16.9. The lowest BCUT2D eigenvalue weighted by molar-refractivity contribution is 0.144. The van der Waals surface area contributed by atoms with Gasteiger partial charge in [-0.05, 0) is 31.0 Å². The predicted octanol–water partition coefficient (Wildman–Crippen LogP) is 1.81. The van der Waals surface area contributed by atoms with Gasteiger partial charge in [-0.2, -0.15) is 0 Å². The van der Waals surface area contributed by atoms with Crippen LogP contribution < -0.4 is 5.32 Å². The molecule has 0 spiro atoms. The molecule has 0 aromatic heterocycles. The van der Waals surface area contributed by atoms with Crippen molar-refractivity contribution in [1.82, 2.24) is 14.1 Å². The van der Waals surface area contributed by atoms with Crippen molar-refractivity contribution in [3.8, 4) is 0 Å². The number of carbonyl (C=O) groups excluding carboxylic acids is 1. The molecule has 8 heteroatoms. The summed E-state index contributed by atoms with van der Waals surface area (Å²) in [5, 5.41) is 2.83. The number of anilines is 1. The third kappa shape index (κ3) is 4.08. The Morgan fingerprint density at radius 1 is 1.15 bits per heavy atom. The van der Waals surface area contributed by atoms with Crippen LogP contribution in [0.3, 0.4) is 0 Å². The van der Waals surface area contributed by atoms with Gasteiger partial charge < -0.3 is 10.2 Å². The first kappa shape index (κ1) is 18.9. The Hall–Kier alpha value is -1.90. The van der Waals surface area contributed by atoms with Crippen LogP contribution in [0.4, 0.5) is 10.5 Å². The Labute approximate surface area is 155 Å². The van der Waals surface area contributed by atoms with Gasteiger partial charge in [-0.25, -0.2) is 17.5 Å². The Bertz CT molecular complexity index is 775. The summed E-state index contributed by atoms with van der Waals surface area (Å²) in [6, 6.07) is 6.72. The van der Waals surface area contributed by atoms with Gasteiger partial charge in [0.25, 0.3) is 0 Å². The van der Waals surface area contributed by atoms with Crippen LogP contribution in [0.5, 0.6) is 0 Å². The van der Waals surface area contributed by atoms with Crippen molar-refractivity contribution in [3.05, 3.63) is 36.4 Å². The van der Waals surface area contributed by atoms with E-state index in [4.69, 9.17) is 0 Å². The maximum Gasteiger partial charge on any atom is 0.321 e. The molecule has 142 valence electrons. The molecule has 26 heavy (non-hydrogen) atoms. The van der Waals surface area contributed by atoms with E-state index in [0.29, 0.717) is 24.8 Å². The third-order valence-electron chi connectivity index (χ3n) is 4.98. The Balaban J connectivity index is 1.59. The molecule has 7 nitrogen and oxygen atoms in total. The van der Waals surface area contributed by atoms with Crippen LogP contribution in [-0.2, 0) is 10.0 Å². The summed E-state index contributed by atoms with van der Waals surface area (Å²) in [6.45, 7) is 3.43. The fourth-order valence-corrected chi connectivity index (χ4v) is 4.32. The number of sulfonamides is 1. The van der Waals surface area contributed by atoms with E-state index in [1.54, 1.807) is 17.0 Å². The molecule has 0 radical (unpaired) electrons. The van der Waals surface area contributed by atoms with E-state index in [1.165, 1.54) is 26.2 Å². The average Bonchev–Trinajstić information content (AvgIpc) is 3.16. The number of nitrogens with zero attached hydrogens (tertiary/aromatic N) is 3. The number of amides is 2. The molecule has 1 aromatic rings. The molecule has 0 saturated carbocycles. The smallest absolute Gasteiger partial charge is 0.321 e. The zero-order chi connectivity index (χ0) is 18.7. The highest BCUT2D eigenvalue weighted by atomic mass is 32.2. The first-order chi connectivity index (χ1) is 12.4. The minimum Gasteiger partial charge on any atom is -0.324 e. The first-order valence-electron chi connectivity index (χ1n) is 8.85. The number of hydrogen-bond donors (Lipinski definition) is 1. The summed E-state index contributed by atoms with van der Waals surface area (Å²) in [7, 11) is -0.546. The van der Waals surface area contributed by atoms with Crippen molar-refractivity contribution in [2.45, 2.75) is 23.8 Å². The molecule has 0 aliphatic carbocycles. The van der Waals surface area contributed by atoms with Crippen LogP contribution in [-0.4, -0.2) is 74.9 Å². The molecule has 3 rings (SSSR count). The number of carbonyl (C=O) groups is 1. The van der Waals surface area contributed by atoms with E-state index in [9.17, 15) is 13.2 Å². The highest BCUT2D eigenvalue weighted by molar-refractivity contribution is 7.89. The minimum absolute atomic E-state index is 0.167. The molecule has 0 bridgehead atoms. The van der Waals surface area contributed by atoms with Crippen LogP contribution in [0, 0.1) is 0 Å². The lowest BCUT2D eigenvalue weighted by atomic mass is 10.0. The van der Waals surface area contributed by atoms with Crippen molar-refractivity contribution < 1.29 is 13.2 Å². The molecule has 1 saturated heterocycles. The van der Waals surface area contributed by atoms with Gasteiger partial charge in [0.2, 0.25) is 10.0 Å². The second-order valence-corrected chi connectivity index (χ2v) is 9.04. The third-order valence-corrected chi connectivity index (χ3v) is 6.79. The van der Waals surface area contributed by atoms with Crippen LogP contribution >= 0.6 is 0 Å². The number of urea groups is 1. The highest BCUT2D eigenvalue weighted by Crippen LogP contribution is 2.21. The van der Waals surface area contributed by atoms with Gasteiger partial charge in [0, 0.05) is 52.0 Å². The zero-order valence-electron chi connectivity index (χ0n) is 15.3. The number of hydrogen-bond acceptors (Lipinski definition) is 4. The number of piperidine rings is 1. The van der Waals surface area contributed by atoms with E-state index in [-0.39, 0.29) is 10.9 Å². The molecule has 1 N–H and O–H groups in total. The highest BCUT2D eigenvalue weighted by Gasteiger charge is 2.27. The fourth-order valence-electron chi connectivity index (χ4n) is 3.37. The van der Waals surface area contributed by atoms with E-state index in [0.717, 1.165) is 30.2 Å². The van der Waals surface area contributed by atoms with Crippen LogP contribution in [0.25, 0.3) is 0 Å². The topological polar surface area (TPSA) is 73.0 Å². The Morgan fingerprint density at radius 3 is 2.42 bits per heavy atom. The molecule has 1 fully saturated rings. The van der Waals surface area contributed by atoms with Crippen molar-refractivity contribution in [1.29, 1.82) is 0 Å². The van der Waals surface area contributed by atoms with Gasteiger partial charge in [0.1, 0.15) is 0 Å². The van der Waals surface area contributed by atoms with Gasteiger partial charge in [-0.1, -0.05) is 18.2 Å². The lowest BCUT2D eigenvalue weighted by Gasteiger charge is -2.36. The summed E-state index contributed by atoms with van der Waals surface area (Å²) >= 11 is 0. The molecule has 0 atom stereocenters. The number of rotatable bonds is 4. The van der Waals surface area contributed by atoms with E-state index >= 15 is 0 Å². The number of nitrogens with one attached hydrogen (secondary N) is 1. The summed E-state index contributed by atoms with van der Waals surface area (Å²) in [5.74, 6) is 0. The second-order valence-electron chi connectivity index (χ2n) is 6.89. The van der Waals surface area contributed by atoms with Crippen molar-refractivity contribution in [2.24, 2.45) is 0 Å². The van der Waals surface area contributed by atoms with Crippen LogP contribution in [0.15, 0.2) is 41.3 Å². The maximum absolute atomic E-state index is 12.5. The molecule has 2 aliphatic heterocycles. The molecule has 0 unspecified atom stereocenters. The van der Waals surface area contributed by atoms with Gasteiger partial charge in [0.15, 0.2) is 0 Å². The van der Waals surface area contributed by atoms with Crippen molar-refractivity contribution in [3.63, 3.8) is 0 Å². The number of benzene rings is 1. The second kappa shape index (κ2) is 7.77. The number of likely N-dealkylation sites (tertiary alicyclic amines) is 1. The molecular weight excluding hydrogens is 352 g/mol. The largest absolute Gasteiger partial charge is 0.324 e. The lowest BCUT2D eigenvalue weighted by Crippen LogP contribution is -2.47. The van der Waals surface area contributed by atoms with Gasteiger partial charge >= 0.3 is 6.03 Å². The van der Waals surface area contributed by atoms with Crippen molar-refractivity contribution in [2.75, 3.05) is 45.6 Å². The maximum atomic E-state index is 12.5. The Morgan fingerprint density at radius 2 is 1.81 bits per heavy atom. The van der Waals surface area contributed by atoms with E-state index in [2.05, 4.69) is 22.4 Å². The van der Waals surface area contributed by atoms with Crippen LogP contribution in [0.2, 0.25) is 0 Å². The average molecular weight is 378 g/mol. The van der Waals surface area contributed by atoms with E-state index < -0.39 is 10.0 Å².